The van der Waals surface area contributed by atoms with Crippen LogP contribution in [0.5, 0.6) is 0 Å². The van der Waals surface area contributed by atoms with Crippen molar-refractivity contribution in [2.75, 3.05) is 11.1 Å². The first-order valence-corrected chi connectivity index (χ1v) is 6.53. The van der Waals surface area contributed by atoms with Crippen LogP contribution in [0.1, 0.15) is 5.56 Å². The second-order valence-electron chi connectivity index (χ2n) is 3.85. The molecule has 0 fully saturated rings. The van der Waals surface area contributed by atoms with Crippen molar-refractivity contribution in [1.82, 2.24) is 15.2 Å². The normalized spacial score (nSPS) is 10.2. The number of aromatic nitrogens is 3. The second kappa shape index (κ2) is 6.14. The number of H-pyrrole nitrogens is 1. The van der Waals surface area contributed by atoms with Crippen LogP contribution in [0.2, 0.25) is 0 Å². The quantitative estimate of drug-likeness (QED) is 0.819. The van der Waals surface area contributed by atoms with Gasteiger partial charge in [0, 0.05) is 5.69 Å². The lowest BCUT2D eigenvalue weighted by atomic mass is 10.2. The van der Waals surface area contributed by atoms with Crippen LogP contribution in [0.25, 0.3) is 0 Å². The third-order valence-corrected chi connectivity index (χ3v) is 3.06. The largest absolute Gasteiger partial charge is 0.325 e. The first kappa shape index (κ1) is 13.3. The van der Waals surface area contributed by atoms with E-state index >= 15 is 0 Å². The molecule has 19 heavy (non-hydrogen) atoms. The van der Waals surface area contributed by atoms with E-state index in [0.717, 1.165) is 29.2 Å². The monoisotopic (exact) mass is 276 g/mol. The van der Waals surface area contributed by atoms with E-state index in [9.17, 15) is 9.59 Å². The van der Waals surface area contributed by atoms with Crippen LogP contribution in [-0.2, 0) is 4.79 Å². The van der Waals surface area contributed by atoms with Gasteiger partial charge in [0.15, 0.2) is 5.16 Å². The van der Waals surface area contributed by atoms with E-state index in [1.165, 1.54) is 0 Å². The van der Waals surface area contributed by atoms with Crippen molar-refractivity contribution in [2.45, 2.75) is 12.1 Å². The molecule has 2 aromatic rings. The van der Waals surface area contributed by atoms with E-state index in [0.29, 0.717) is 5.16 Å². The molecule has 0 atom stereocenters. The highest BCUT2D eigenvalue weighted by Crippen LogP contribution is 2.12. The average molecular weight is 276 g/mol. The molecule has 0 radical (unpaired) electrons. The molecule has 0 aliphatic carbocycles. The van der Waals surface area contributed by atoms with E-state index in [1.54, 1.807) is 0 Å². The molecule has 0 unspecified atom stereocenters. The van der Waals surface area contributed by atoms with Gasteiger partial charge in [0.1, 0.15) is 6.20 Å². The number of amides is 1. The van der Waals surface area contributed by atoms with Gasteiger partial charge in [0.05, 0.1) is 5.75 Å². The summed E-state index contributed by atoms with van der Waals surface area (Å²) >= 11 is 1.12. The molecule has 0 aliphatic heterocycles. The Morgan fingerprint density at radius 3 is 3.05 bits per heavy atom. The number of aromatic amines is 1. The third-order valence-electron chi connectivity index (χ3n) is 2.20. The zero-order valence-corrected chi connectivity index (χ0v) is 11.0. The van der Waals surface area contributed by atoms with E-state index in [2.05, 4.69) is 20.5 Å². The lowest BCUT2D eigenvalue weighted by Gasteiger charge is -2.05. The molecule has 0 saturated heterocycles. The van der Waals surface area contributed by atoms with Gasteiger partial charge in [-0.2, -0.15) is 5.10 Å². The standard InChI is InChI=1S/C12H12N4O2S/c1-8-3-2-4-9(5-8)14-11(18)7-19-12-15-10(17)6-13-16-12/h2-6H,7H2,1H3,(H,14,18)(H,15,16,17). The van der Waals surface area contributed by atoms with Gasteiger partial charge in [-0.1, -0.05) is 23.9 Å². The summed E-state index contributed by atoms with van der Waals surface area (Å²) < 4.78 is 0. The van der Waals surface area contributed by atoms with Crippen LogP contribution in [-0.4, -0.2) is 26.8 Å². The molecule has 1 amide bonds. The minimum Gasteiger partial charge on any atom is -0.325 e. The van der Waals surface area contributed by atoms with E-state index in [-0.39, 0.29) is 17.2 Å². The molecule has 2 rings (SSSR count). The molecule has 0 saturated carbocycles. The lowest BCUT2D eigenvalue weighted by Crippen LogP contribution is -2.15. The molecule has 6 nitrogen and oxygen atoms in total. The van der Waals surface area contributed by atoms with Gasteiger partial charge in [-0.05, 0) is 24.6 Å². The Balaban J connectivity index is 1.90. The first-order valence-electron chi connectivity index (χ1n) is 5.55. The van der Waals surface area contributed by atoms with Crippen molar-refractivity contribution in [3.05, 3.63) is 46.4 Å². The number of rotatable bonds is 4. The summed E-state index contributed by atoms with van der Waals surface area (Å²) in [6, 6.07) is 7.53. The van der Waals surface area contributed by atoms with Crippen molar-refractivity contribution in [2.24, 2.45) is 0 Å². The molecule has 0 spiro atoms. The van der Waals surface area contributed by atoms with Crippen molar-refractivity contribution in [3.63, 3.8) is 0 Å². The minimum absolute atomic E-state index is 0.155. The van der Waals surface area contributed by atoms with Gasteiger partial charge in [-0.15, -0.1) is 5.10 Å². The van der Waals surface area contributed by atoms with Crippen LogP contribution in [0, 0.1) is 6.92 Å². The first-order chi connectivity index (χ1) is 9.13. The highest BCUT2D eigenvalue weighted by atomic mass is 32.2. The number of carbonyl (C=O) groups excluding carboxylic acids is 1. The van der Waals surface area contributed by atoms with Gasteiger partial charge in [-0.3, -0.25) is 14.6 Å². The number of nitrogens with one attached hydrogen (secondary N) is 2. The van der Waals surface area contributed by atoms with Crippen LogP contribution in [0.15, 0.2) is 40.4 Å². The smallest absolute Gasteiger partial charge is 0.270 e. The van der Waals surface area contributed by atoms with Crippen LogP contribution >= 0.6 is 11.8 Å². The Hall–Kier alpha value is -2.15. The molecule has 0 bridgehead atoms. The maximum Gasteiger partial charge on any atom is 0.270 e. The van der Waals surface area contributed by atoms with Crippen molar-refractivity contribution in [1.29, 1.82) is 0 Å². The second-order valence-corrected chi connectivity index (χ2v) is 4.81. The van der Waals surface area contributed by atoms with Gasteiger partial charge in [0.25, 0.3) is 5.56 Å². The Morgan fingerprint density at radius 1 is 1.47 bits per heavy atom. The SMILES string of the molecule is Cc1cccc(NC(=O)CSc2nncc(=O)[nH]2)c1. The van der Waals surface area contributed by atoms with Crippen molar-refractivity contribution in [3.8, 4) is 0 Å². The van der Waals surface area contributed by atoms with Gasteiger partial charge < -0.3 is 5.32 Å². The number of nitrogens with zero attached hydrogens (tertiary/aromatic N) is 2. The minimum atomic E-state index is -0.336. The summed E-state index contributed by atoms with van der Waals surface area (Å²) in [7, 11) is 0. The number of hydrogen-bond acceptors (Lipinski definition) is 5. The predicted octanol–water partition coefficient (Wildman–Crippen LogP) is 1.20. The number of anilines is 1. The molecule has 98 valence electrons. The van der Waals surface area contributed by atoms with Crippen LogP contribution < -0.4 is 10.9 Å². The Kier molecular flexibility index (Phi) is 4.30. The summed E-state index contributed by atoms with van der Waals surface area (Å²) in [6.45, 7) is 1.95. The van der Waals surface area contributed by atoms with Crippen molar-refractivity contribution >= 4 is 23.4 Å². The molecular formula is C12H12N4O2S. The molecular weight excluding hydrogens is 264 g/mol. The molecule has 1 aromatic carbocycles. The molecule has 1 aromatic heterocycles. The fourth-order valence-electron chi connectivity index (χ4n) is 1.42. The summed E-state index contributed by atoms with van der Waals surface area (Å²) in [5.41, 5.74) is 1.48. The highest BCUT2D eigenvalue weighted by molar-refractivity contribution is 7.99. The van der Waals surface area contributed by atoms with Crippen LogP contribution in [0.3, 0.4) is 0 Å². The van der Waals surface area contributed by atoms with Crippen LogP contribution in [0.4, 0.5) is 5.69 Å². The predicted molar refractivity (Wildman–Crippen MR) is 73.2 cm³/mol. The summed E-state index contributed by atoms with van der Waals surface area (Å²) in [5.74, 6) is -0.00939. The zero-order valence-electron chi connectivity index (χ0n) is 10.2. The lowest BCUT2D eigenvalue weighted by molar-refractivity contribution is -0.113. The molecule has 0 aliphatic rings. The maximum absolute atomic E-state index is 11.7. The Bertz CT molecular complexity index is 641. The van der Waals surface area contributed by atoms with Gasteiger partial charge >= 0.3 is 0 Å². The van der Waals surface area contributed by atoms with E-state index < -0.39 is 0 Å². The van der Waals surface area contributed by atoms with Gasteiger partial charge in [0.2, 0.25) is 5.91 Å². The van der Waals surface area contributed by atoms with E-state index in [1.807, 2.05) is 31.2 Å². The zero-order chi connectivity index (χ0) is 13.7. The van der Waals surface area contributed by atoms with E-state index in [4.69, 9.17) is 0 Å². The van der Waals surface area contributed by atoms with Gasteiger partial charge in [-0.25, -0.2) is 0 Å². The highest BCUT2D eigenvalue weighted by Gasteiger charge is 2.05. The van der Waals surface area contributed by atoms with Crippen molar-refractivity contribution < 1.29 is 4.79 Å². The average Bonchev–Trinajstić information content (AvgIpc) is 2.36. The fraction of sp³-hybridized carbons (Fsp3) is 0.167. The third kappa shape index (κ3) is 4.22. The number of benzene rings is 1. The maximum atomic E-state index is 11.7. The summed E-state index contributed by atoms with van der Waals surface area (Å²) in [5, 5.41) is 10.3. The summed E-state index contributed by atoms with van der Waals surface area (Å²) in [6.07, 6.45) is 1.08. The number of aryl methyl sites for hydroxylation is 1. The number of thioether (sulfide) groups is 1. The Labute approximate surface area is 113 Å². The molecule has 7 heteroatoms. The number of carbonyl (C=O) groups is 1. The topological polar surface area (TPSA) is 87.7 Å². The fourth-order valence-corrected chi connectivity index (χ4v) is 2.03. The molecule has 2 N–H and O–H groups in total. The Morgan fingerprint density at radius 2 is 2.32 bits per heavy atom. The molecule has 1 heterocycles. The summed E-state index contributed by atoms with van der Waals surface area (Å²) in [4.78, 5) is 25.2. The number of hydrogen-bond donors (Lipinski definition) is 2.